The van der Waals surface area contributed by atoms with Crippen LogP contribution in [0, 0.1) is 0 Å². The summed E-state index contributed by atoms with van der Waals surface area (Å²) in [6.45, 7) is 6.06. The molecule has 0 radical (unpaired) electrons. The Labute approximate surface area is 138 Å². The summed E-state index contributed by atoms with van der Waals surface area (Å²) < 4.78 is 5.12. The molecule has 2 nitrogen and oxygen atoms in total. The minimum absolute atomic E-state index is 0.0194. The van der Waals surface area contributed by atoms with Gasteiger partial charge in [0, 0.05) is 6.42 Å². The fraction of sp³-hybridized carbons (Fsp3) is 0.850. The molecule has 0 saturated carbocycles. The number of carbonyl (C=O) groups is 1. The van der Waals surface area contributed by atoms with Crippen molar-refractivity contribution >= 4 is 5.97 Å². The molecule has 0 aliphatic carbocycles. The third-order valence-corrected chi connectivity index (χ3v) is 3.76. The molecule has 0 rings (SSSR count). The van der Waals surface area contributed by atoms with Crippen LogP contribution in [0.5, 0.6) is 0 Å². The molecule has 0 saturated heterocycles. The van der Waals surface area contributed by atoms with Gasteiger partial charge in [0.1, 0.15) is 0 Å². The monoisotopic (exact) mass is 310 g/mol. The van der Waals surface area contributed by atoms with Crippen LogP contribution in [0.3, 0.4) is 0 Å². The Morgan fingerprint density at radius 1 is 0.818 bits per heavy atom. The summed E-state index contributed by atoms with van der Waals surface area (Å²) in [5, 5.41) is 0. The van der Waals surface area contributed by atoms with Crippen molar-refractivity contribution in [1.29, 1.82) is 0 Å². The lowest BCUT2D eigenvalue weighted by Crippen LogP contribution is -2.10. The molecular formula is C20H38O2. The molecule has 0 amide bonds. The summed E-state index contributed by atoms with van der Waals surface area (Å²) in [5.74, 6) is -0.0446. The van der Waals surface area contributed by atoms with Crippen LogP contribution in [0.1, 0.15) is 104 Å². The summed E-state index contributed by atoms with van der Waals surface area (Å²) in [6.07, 6.45) is 20.5. The van der Waals surface area contributed by atoms with Crippen LogP contribution >= 0.6 is 0 Å². The minimum atomic E-state index is -0.0446. The van der Waals surface area contributed by atoms with Gasteiger partial charge < -0.3 is 4.74 Å². The minimum Gasteiger partial charge on any atom is -0.463 e. The number of ether oxygens (including phenoxy) is 1. The van der Waals surface area contributed by atoms with Crippen LogP contribution in [0.4, 0.5) is 0 Å². The van der Waals surface area contributed by atoms with Crippen molar-refractivity contribution in [1.82, 2.24) is 0 Å². The lowest BCUT2D eigenvalue weighted by atomic mass is 10.1. The maximum Gasteiger partial charge on any atom is 0.306 e. The second kappa shape index (κ2) is 16.6. The molecule has 0 aromatic carbocycles. The Hall–Kier alpha value is -0.790. The van der Waals surface area contributed by atoms with Crippen LogP contribution in [-0.4, -0.2) is 12.1 Å². The number of esters is 1. The molecule has 0 fully saturated rings. The van der Waals surface area contributed by atoms with Crippen molar-refractivity contribution in [2.75, 3.05) is 0 Å². The van der Waals surface area contributed by atoms with Crippen LogP contribution in [-0.2, 0) is 9.53 Å². The van der Waals surface area contributed by atoms with E-state index in [1.54, 1.807) is 0 Å². The first kappa shape index (κ1) is 21.2. The predicted molar refractivity (Wildman–Crippen MR) is 96.1 cm³/mol. The Kier molecular flexibility index (Phi) is 16.0. The number of allylic oxidation sites excluding steroid dienone is 2. The summed E-state index contributed by atoms with van der Waals surface area (Å²) in [5.41, 5.74) is 0. The number of hydrogen-bond donors (Lipinski definition) is 0. The van der Waals surface area contributed by atoms with Gasteiger partial charge in [-0.1, -0.05) is 64.0 Å². The van der Waals surface area contributed by atoms with Crippen molar-refractivity contribution in [3.8, 4) is 0 Å². The smallest absolute Gasteiger partial charge is 0.306 e. The van der Waals surface area contributed by atoms with Crippen LogP contribution in [0.15, 0.2) is 12.2 Å². The quantitative estimate of drug-likeness (QED) is 0.194. The zero-order valence-electron chi connectivity index (χ0n) is 15.2. The zero-order valence-corrected chi connectivity index (χ0v) is 15.2. The number of hydrogen-bond acceptors (Lipinski definition) is 2. The van der Waals surface area contributed by atoms with Crippen LogP contribution < -0.4 is 0 Å². The van der Waals surface area contributed by atoms with E-state index in [0.717, 1.165) is 12.8 Å². The highest BCUT2D eigenvalue weighted by atomic mass is 16.5. The third-order valence-electron chi connectivity index (χ3n) is 3.76. The molecule has 0 aliphatic rings. The van der Waals surface area contributed by atoms with E-state index in [0.29, 0.717) is 6.42 Å². The van der Waals surface area contributed by atoms with Crippen LogP contribution in [0.2, 0.25) is 0 Å². The summed E-state index contributed by atoms with van der Waals surface area (Å²) >= 11 is 0. The maximum atomic E-state index is 11.3. The second-order valence-corrected chi connectivity index (χ2v) is 6.52. The number of rotatable bonds is 15. The standard InChI is InChI=1S/C20H38O2/c1-4-5-6-7-8-9-10-11-12-13-14-15-16-17-18-20(21)22-19(2)3/h10-11,19H,4-9,12-18H2,1-3H3/b11-10-. The van der Waals surface area contributed by atoms with Crippen molar-refractivity contribution in [3.05, 3.63) is 12.2 Å². The second-order valence-electron chi connectivity index (χ2n) is 6.52. The molecule has 22 heavy (non-hydrogen) atoms. The SMILES string of the molecule is CCCCCCC/C=C\CCCCCCCC(=O)OC(C)C. The number of unbranched alkanes of at least 4 members (excludes halogenated alkanes) is 10. The first-order valence-corrected chi connectivity index (χ1v) is 9.51. The molecule has 130 valence electrons. The normalized spacial score (nSPS) is 11.5. The predicted octanol–water partition coefficient (Wildman–Crippen LogP) is 6.59. The summed E-state index contributed by atoms with van der Waals surface area (Å²) in [6, 6.07) is 0. The Morgan fingerprint density at radius 2 is 1.32 bits per heavy atom. The fourth-order valence-corrected chi connectivity index (χ4v) is 2.49. The molecule has 0 unspecified atom stereocenters. The van der Waals surface area contributed by atoms with Gasteiger partial charge in [0.2, 0.25) is 0 Å². The van der Waals surface area contributed by atoms with E-state index >= 15 is 0 Å². The molecule has 0 atom stereocenters. The molecule has 0 N–H and O–H groups in total. The number of carbonyl (C=O) groups excluding carboxylic acids is 1. The van der Waals surface area contributed by atoms with Gasteiger partial charge in [-0.15, -0.1) is 0 Å². The molecule has 2 heteroatoms. The highest BCUT2D eigenvalue weighted by molar-refractivity contribution is 5.69. The van der Waals surface area contributed by atoms with E-state index in [1.165, 1.54) is 64.2 Å². The van der Waals surface area contributed by atoms with Gasteiger partial charge in [0.15, 0.2) is 0 Å². The van der Waals surface area contributed by atoms with Gasteiger partial charge in [-0.3, -0.25) is 4.79 Å². The van der Waals surface area contributed by atoms with E-state index in [-0.39, 0.29) is 12.1 Å². The van der Waals surface area contributed by atoms with Gasteiger partial charge in [0.05, 0.1) is 6.10 Å². The van der Waals surface area contributed by atoms with Crippen molar-refractivity contribution in [3.63, 3.8) is 0 Å². The molecule has 0 spiro atoms. The van der Waals surface area contributed by atoms with Gasteiger partial charge in [-0.05, 0) is 46.0 Å². The van der Waals surface area contributed by atoms with Crippen molar-refractivity contribution in [2.24, 2.45) is 0 Å². The third kappa shape index (κ3) is 17.3. The van der Waals surface area contributed by atoms with E-state index in [4.69, 9.17) is 4.74 Å². The first-order chi connectivity index (χ1) is 10.7. The molecule has 0 heterocycles. The largest absolute Gasteiger partial charge is 0.463 e. The van der Waals surface area contributed by atoms with Crippen molar-refractivity contribution < 1.29 is 9.53 Å². The Balaban J connectivity index is 3.18. The molecule has 0 aliphatic heterocycles. The van der Waals surface area contributed by atoms with Crippen LogP contribution in [0.25, 0.3) is 0 Å². The maximum absolute atomic E-state index is 11.3. The van der Waals surface area contributed by atoms with E-state index in [9.17, 15) is 4.79 Å². The first-order valence-electron chi connectivity index (χ1n) is 9.51. The summed E-state index contributed by atoms with van der Waals surface area (Å²) in [4.78, 5) is 11.3. The zero-order chi connectivity index (χ0) is 16.5. The van der Waals surface area contributed by atoms with Gasteiger partial charge in [-0.25, -0.2) is 0 Å². The molecule has 0 bridgehead atoms. The Morgan fingerprint density at radius 3 is 1.86 bits per heavy atom. The van der Waals surface area contributed by atoms with Gasteiger partial charge in [0.25, 0.3) is 0 Å². The lowest BCUT2D eigenvalue weighted by molar-refractivity contribution is -0.147. The lowest BCUT2D eigenvalue weighted by Gasteiger charge is -2.07. The topological polar surface area (TPSA) is 26.3 Å². The Bertz CT molecular complexity index is 269. The molecular weight excluding hydrogens is 272 g/mol. The molecule has 0 aromatic heterocycles. The average molecular weight is 311 g/mol. The fourth-order valence-electron chi connectivity index (χ4n) is 2.49. The van der Waals surface area contributed by atoms with Crippen molar-refractivity contribution in [2.45, 2.75) is 110 Å². The van der Waals surface area contributed by atoms with E-state index in [1.807, 2.05) is 13.8 Å². The summed E-state index contributed by atoms with van der Waals surface area (Å²) in [7, 11) is 0. The highest BCUT2D eigenvalue weighted by Gasteiger charge is 2.04. The molecule has 0 aromatic rings. The van der Waals surface area contributed by atoms with Gasteiger partial charge in [-0.2, -0.15) is 0 Å². The highest BCUT2D eigenvalue weighted by Crippen LogP contribution is 2.10. The van der Waals surface area contributed by atoms with E-state index < -0.39 is 0 Å². The average Bonchev–Trinajstić information content (AvgIpc) is 2.47. The van der Waals surface area contributed by atoms with Gasteiger partial charge >= 0.3 is 5.97 Å². The van der Waals surface area contributed by atoms with E-state index in [2.05, 4.69) is 19.1 Å².